The zero-order valence-electron chi connectivity index (χ0n) is 12.2. The van der Waals surface area contributed by atoms with Gasteiger partial charge in [0.25, 0.3) is 0 Å². The Kier molecular flexibility index (Phi) is 4.28. The van der Waals surface area contributed by atoms with Gasteiger partial charge in [0.1, 0.15) is 0 Å². The Morgan fingerprint density at radius 2 is 1.83 bits per heavy atom. The minimum atomic E-state index is 0.707. The fourth-order valence-corrected chi connectivity index (χ4v) is 3.26. The molecule has 0 heterocycles. The van der Waals surface area contributed by atoms with Gasteiger partial charge in [0.15, 0.2) is 0 Å². The van der Waals surface area contributed by atoms with E-state index in [0.29, 0.717) is 6.04 Å². The van der Waals surface area contributed by atoms with Gasteiger partial charge in [-0.3, -0.25) is 0 Å². The summed E-state index contributed by atoms with van der Waals surface area (Å²) in [4.78, 5) is 2.42. The van der Waals surface area contributed by atoms with Gasteiger partial charge in [-0.05, 0) is 62.9 Å². The van der Waals surface area contributed by atoms with E-state index in [2.05, 4.69) is 56.4 Å². The van der Waals surface area contributed by atoms with Crippen LogP contribution in [0.2, 0.25) is 0 Å². The maximum Gasteiger partial charge on any atom is 0.0369 e. The van der Waals surface area contributed by atoms with E-state index >= 15 is 0 Å². The lowest BCUT2D eigenvalue weighted by Gasteiger charge is -2.27. The van der Waals surface area contributed by atoms with Crippen molar-refractivity contribution in [3.8, 4) is 0 Å². The van der Waals surface area contributed by atoms with Crippen LogP contribution in [0.5, 0.6) is 0 Å². The molecule has 1 aliphatic rings. The van der Waals surface area contributed by atoms with Crippen LogP contribution in [0, 0.1) is 19.8 Å². The summed E-state index contributed by atoms with van der Waals surface area (Å²) in [7, 11) is 4.32. The second kappa shape index (κ2) is 5.75. The number of aryl methyl sites for hydroxylation is 2. The number of hydrogen-bond donors (Lipinski definition) is 1. The molecule has 1 saturated carbocycles. The molecule has 1 aromatic rings. The van der Waals surface area contributed by atoms with Gasteiger partial charge in [-0.15, -0.1) is 0 Å². The van der Waals surface area contributed by atoms with Crippen molar-refractivity contribution in [3.63, 3.8) is 0 Å². The van der Waals surface area contributed by atoms with Crippen LogP contribution in [0.25, 0.3) is 0 Å². The molecule has 0 bridgehead atoms. The van der Waals surface area contributed by atoms with Crippen LogP contribution in [0.4, 0.5) is 5.69 Å². The van der Waals surface area contributed by atoms with Crippen LogP contribution in [-0.4, -0.2) is 26.7 Å². The zero-order valence-corrected chi connectivity index (χ0v) is 12.2. The number of rotatable bonds is 4. The SMILES string of the molecule is CNC1CCCC1CN(C)c1cc(C)cc(C)c1. The van der Waals surface area contributed by atoms with Crippen molar-refractivity contribution in [2.45, 2.75) is 39.2 Å². The number of nitrogens with zero attached hydrogens (tertiary/aromatic N) is 1. The summed E-state index contributed by atoms with van der Waals surface area (Å²) in [6, 6.07) is 7.52. The summed E-state index contributed by atoms with van der Waals surface area (Å²) in [6.07, 6.45) is 4.07. The van der Waals surface area contributed by atoms with Gasteiger partial charge in [0.2, 0.25) is 0 Å². The smallest absolute Gasteiger partial charge is 0.0369 e. The molecule has 1 aliphatic carbocycles. The van der Waals surface area contributed by atoms with Crippen molar-refractivity contribution < 1.29 is 0 Å². The lowest BCUT2D eigenvalue weighted by Crippen LogP contribution is -2.36. The van der Waals surface area contributed by atoms with Crippen LogP contribution >= 0.6 is 0 Å². The molecular weight excluding hydrogens is 220 g/mol. The summed E-state index contributed by atoms with van der Waals surface area (Å²) in [5.41, 5.74) is 4.07. The third-order valence-corrected chi connectivity index (χ3v) is 4.19. The molecule has 18 heavy (non-hydrogen) atoms. The Morgan fingerprint density at radius 1 is 1.17 bits per heavy atom. The Bertz CT molecular complexity index is 380. The van der Waals surface area contributed by atoms with Gasteiger partial charge in [-0.2, -0.15) is 0 Å². The molecule has 2 nitrogen and oxygen atoms in total. The van der Waals surface area contributed by atoms with E-state index in [1.54, 1.807) is 0 Å². The zero-order chi connectivity index (χ0) is 13.1. The van der Waals surface area contributed by atoms with Crippen molar-refractivity contribution in [1.29, 1.82) is 0 Å². The second-order valence-corrected chi connectivity index (χ2v) is 5.81. The molecule has 0 aliphatic heterocycles. The normalized spacial score (nSPS) is 23.3. The molecule has 0 amide bonds. The molecule has 1 fully saturated rings. The van der Waals surface area contributed by atoms with Gasteiger partial charge in [0, 0.05) is 25.3 Å². The van der Waals surface area contributed by atoms with Gasteiger partial charge in [0.05, 0.1) is 0 Å². The van der Waals surface area contributed by atoms with Crippen molar-refractivity contribution >= 4 is 5.69 Å². The first-order valence-electron chi connectivity index (χ1n) is 7.07. The third kappa shape index (κ3) is 3.05. The highest BCUT2D eigenvalue weighted by Crippen LogP contribution is 2.28. The van der Waals surface area contributed by atoms with E-state index in [-0.39, 0.29) is 0 Å². The summed E-state index contributed by atoms with van der Waals surface area (Å²) in [5.74, 6) is 0.792. The van der Waals surface area contributed by atoms with Gasteiger partial charge in [-0.1, -0.05) is 12.5 Å². The van der Waals surface area contributed by atoms with Crippen LogP contribution in [0.1, 0.15) is 30.4 Å². The van der Waals surface area contributed by atoms with Gasteiger partial charge < -0.3 is 10.2 Å². The van der Waals surface area contributed by atoms with Crippen LogP contribution in [-0.2, 0) is 0 Å². The molecule has 2 unspecified atom stereocenters. The largest absolute Gasteiger partial charge is 0.374 e. The minimum absolute atomic E-state index is 0.707. The third-order valence-electron chi connectivity index (χ3n) is 4.19. The van der Waals surface area contributed by atoms with Crippen molar-refractivity contribution in [2.75, 3.05) is 25.5 Å². The Morgan fingerprint density at radius 3 is 2.44 bits per heavy atom. The standard InChI is InChI=1S/C16H26N2/c1-12-8-13(2)10-15(9-12)18(4)11-14-6-5-7-16(14)17-3/h8-10,14,16-17H,5-7,11H2,1-4H3. The van der Waals surface area contributed by atoms with Gasteiger partial charge >= 0.3 is 0 Å². The lowest BCUT2D eigenvalue weighted by molar-refractivity contribution is 0.428. The first-order valence-corrected chi connectivity index (χ1v) is 7.07. The molecule has 100 valence electrons. The maximum absolute atomic E-state index is 3.47. The molecule has 2 rings (SSSR count). The Labute approximate surface area is 111 Å². The Balaban J connectivity index is 2.04. The topological polar surface area (TPSA) is 15.3 Å². The highest BCUT2D eigenvalue weighted by molar-refractivity contribution is 5.50. The first kappa shape index (κ1) is 13.4. The molecular formula is C16H26N2. The summed E-state index contributed by atoms with van der Waals surface area (Å²) in [6.45, 7) is 5.51. The van der Waals surface area contributed by atoms with E-state index in [4.69, 9.17) is 0 Å². The number of hydrogen-bond acceptors (Lipinski definition) is 2. The highest BCUT2D eigenvalue weighted by Gasteiger charge is 2.26. The maximum atomic E-state index is 3.47. The van der Waals surface area contributed by atoms with Crippen LogP contribution in [0.3, 0.4) is 0 Å². The lowest BCUT2D eigenvalue weighted by atomic mass is 10.0. The van der Waals surface area contributed by atoms with E-state index in [1.165, 1.54) is 36.1 Å². The van der Waals surface area contributed by atoms with E-state index in [0.717, 1.165) is 12.5 Å². The predicted octanol–water partition coefficient (Wildman–Crippen LogP) is 3.13. The summed E-state index contributed by atoms with van der Waals surface area (Å²) >= 11 is 0. The fourth-order valence-electron chi connectivity index (χ4n) is 3.26. The summed E-state index contributed by atoms with van der Waals surface area (Å²) in [5, 5.41) is 3.47. The Hall–Kier alpha value is -1.02. The summed E-state index contributed by atoms with van der Waals surface area (Å²) < 4.78 is 0. The molecule has 0 saturated heterocycles. The van der Waals surface area contributed by atoms with Gasteiger partial charge in [-0.25, -0.2) is 0 Å². The minimum Gasteiger partial charge on any atom is -0.374 e. The first-order chi connectivity index (χ1) is 8.60. The number of nitrogens with one attached hydrogen (secondary N) is 1. The quantitative estimate of drug-likeness (QED) is 0.878. The van der Waals surface area contributed by atoms with Crippen molar-refractivity contribution in [3.05, 3.63) is 29.3 Å². The van der Waals surface area contributed by atoms with Crippen LogP contribution in [0.15, 0.2) is 18.2 Å². The molecule has 0 aromatic heterocycles. The predicted molar refractivity (Wildman–Crippen MR) is 79.4 cm³/mol. The molecule has 0 spiro atoms. The van der Waals surface area contributed by atoms with E-state index < -0.39 is 0 Å². The van der Waals surface area contributed by atoms with E-state index in [9.17, 15) is 0 Å². The average Bonchev–Trinajstić information content (AvgIpc) is 2.75. The molecule has 2 atom stereocenters. The molecule has 1 aromatic carbocycles. The number of benzene rings is 1. The highest BCUT2D eigenvalue weighted by atomic mass is 15.1. The monoisotopic (exact) mass is 246 g/mol. The van der Waals surface area contributed by atoms with Crippen molar-refractivity contribution in [2.24, 2.45) is 5.92 Å². The molecule has 2 heteroatoms. The second-order valence-electron chi connectivity index (χ2n) is 5.81. The number of anilines is 1. The average molecular weight is 246 g/mol. The van der Waals surface area contributed by atoms with E-state index in [1.807, 2.05) is 0 Å². The van der Waals surface area contributed by atoms with Crippen LogP contribution < -0.4 is 10.2 Å². The van der Waals surface area contributed by atoms with Crippen molar-refractivity contribution in [1.82, 2.24) is 5.32 Å². The molecule has 0 radical (unpaired) electrons. The molecule has 1 N–H and O–H groups in total. The fraction of sp³-hybridized carbons (Fsp3) is 0.625.